The summed E-state index contributed by atoms with van der Waals surface area (Å²) in [5, 5.41) is 14.6. The SMILES string of the molecule is CC(C)C(=O)Nc1scc(-c2ccc3c(c2)CCCC3)c1C(=O)O. The van der Waals surface area contributed by atoms with Crippen molar-refractivity contribution in [3.63, 3.8) is 0 Å². The van der Waals surface area contributed by atoms with E-state index in [1.165, 1.54) is 35.3 Å². The maximum absolute atomic E-state index is 11.9. The highest BCUT2D eigenvalue weighted by Crippen LogP contribution is 2.37. The molecule has 5 heteroatoms. The van der Waals surface area contributed by atoms with E-state index in [4.69, 9.17) is 0 Å². The number of aryl methyl sites for hydroxylation is 2. The molecule has 0 fully saturated rings. The van der Waals surface area contributed by atoms with Gasteiger partial charge >= 0.3 is 5.97 Å². The molecule has 1 heterocycles. The van der Waals surface area contributed by atoms with Crippen molar-refractivity contribution < 1.29 is 14.7 Å². The van der Waals surface area contributed by atoms with Crippen LogP contribution in [0.3, 0.4) is 0 Å². The van der Waals surface area contributed by atoms with Crippen LogP contribution in [-0.4, -0.2) is 17.0 Å². The van der Waals surface area contributed by atoms with Gasteiger partial charge in [0.2, 0.25) is 5.91 Å². The third-order valence-corrected chi connectivity index (χ3v) is 5.32. The Hall–Kier alpha value is -2.14. The van der Waals surface area contributed by atoms with Crippen LogP contribution in [0.15, 0.2) is 23.6 Å². The smallest absolute Gasteiger partial charge is 0.339 e. The summed E-state index contributed by atoms with van der Waals surface area (Å²) in [5.74, 6) is -1.37. The number of anilines is 1. The molecule has 0 saturated carbocycles. The number of carbonyl (C=O) groups is 2. The van der Waals surface area contributed by atoms with Gasteiger partial charge in [-0.2, -0.15) is 0 Å². The summed E-state index contributed by atoms with van der Waals surface area (Å²) in [6.45, 7) is 3.57. The Morgan fingerprint density at radius 3 is 2.54 bits per heavy atom. The maximum Gasteiger partial charge on any atom is 0.339 e. The molecule has 126 valence electrons. The average Bonchev–Trinajstić information content (AvgIpc) is 2.98. The zero-order chi connectivity index (χ0) is 17.3. The normalized spacial score (nSPS) is 13.6. The maximum atomic E-state index is 11.9. The van der Waals surface area contributed by atoms with Gasteiger partial charge in [-0.05, 0) is 42.4 Å². The molecule has 24 heavy (non-hydrogen) atoms. The molecule has 1 aliphatic rings. The molecule has 3 rings (SSSR count). The minimum absolute atomic E-state index is 0.170. The Bertz CT molecular complexity index is 792. The van der Waals surface area contributed by atoms with Crippen LogP contribution in [0.4, 0.5) is 5.00 Å². The lowest BCUT2D eigenvalue weighted by Crippen LogP contribution is -2.18. The van der Waals surface area contributed by atoms with Crippen molar-refractivity contribution in [2.75, 3.05) is 5.32 Å². The number of benzene rings is 1. The molecule has 0 atom stereocenters. The molecule has 0 radical (unpaired) electrons. The Morgan fingerprint density at radius 1 is 1.17 bits per heavy atom. The number of amides is 1. The second-order valence-electron chi connectivity index (χ2n) is 6.49. The van der Waals surface area contributed by atoms with Gasteiger partial charge in [-0.1, -0.05) is 32.0 Å². The number of fused-ring (bicyclic) bond motifs is 1. The van der Waals surface area contributed by atoms with Gasteiger partial charge in [0, 0.05) is 16.9 Å². The van der Waals surface area contributed by atoms with E-state index >= 15 is 0 Å². The predicted octanol–water partition coefficient (Wildman–Crippen LogP) is 4.59. The quantitative estimate of drug-likeness (QED) is 0.853. The molecule has 1 amide bonds. The highest BCUT2D eigenvalue weighted by molar-refractivity contribution is 7.15. The largest absolute Gasteiger partial charge is 0.478 e. The van der Waals surface area contributed by atoms with E-state index in [0.29, 0.717) is 10.6 Å². The molecule has 2 N–H and O–H groups in total. The standard InChI is InChI=1S/C19H21NO3S/c1-11(2)17(21)20-18-16(19(22)23)15(10-24-18)14-8-7-12-5-3-4-6-13(12)9-14/h7-11H,3-6H2,1-2H3,(H,20,21)(H,22,23). The molecular weight excluding hydrogens is 322 g/mol. The van der Waals surface area contributed by atoms with Crippen LogP contribution in [0.2, 0.25) is 0 Å². The number of aromatic carboxylic acids is 1. The summed E-state index contributed by atoms with van der Waals surface area (Å²) in [6, 6.07) is 6.21. The molecule has 0 unspecified atom stereocenters. The van der Waals surface area contributed by atoms with Crippen LogP contribution in [0, 0.1) is 5.92 Å². The first-order chi connectivity index (χ1) is 11.5. The van der Waals surface area contributed by atoms with Crippen LogP contribution >= 0.6 is 11.3 Å². The van der Waals surface area contributed by atoms with Crippen LogP contribution in [0.1, 0.15) is 48.2 Å². The summed E-state index contributed by atoms with van der Waals surface area (Å²) < 4.78 is 0. The highest BCUT2D eigenvalue weighted by Gasteiger charge is 2.22. The first-order valence-electron chi connectivity index (χ1n) is 8.25. The third-order valence-electron chi connectivity index (χ3n) is 4.43. The molecule has 2 aromatic rings. The lowest BCUT2D eigenvalue weighted by atomic mass is 9.89. The Kier molecular flexibility index (Phi) is 4.71. The van der Waals surface area contributed by atoms with Gasteiger partial charge in [-0.15, -0.1) is 11.3 Å². The van der Waals surface area contributed by atoms with Crippen molar-refractivity contribution in [1.82, 2.24) is 0 Å². The average molecular weight is 343 g/mol. The topological polar surface area (TPSA) is 66.4 Å². The Labute approximate surface area is 145 Å². The van der Waals surface area contributed by atoms with E-state index in [0.717, 1.165) is 18.4 Å². The molecule has 0 aliphatic heterocycles. The van der Waals surface area contributed by atoms with Crippen molar-refractivity contribution >= 4 is 28.2 Å². The Morgan fingerprint density at radius 2 is 1.88 bits per heavy atom. The lowest BCUT2D eigenvalue weighted by Gasteiger charge is -2.16. The summed E-state index contributed by atoms with van der Waals surface area (Å²) in [5.41, 5.74) is 4.46. The minimum atomic E-state index is -1.01. The highest BCUT2D eigenvalue weighted by atomic mass is 32.1. The molecule has 0 saturated heterocycles. The number of nitrogens with one attached hydrogen (secondary N) is 1. The van der Waals surface area contributed by atoms with Gasteiger partial charge < -0.3 is 10.4 Å². The zero-order valence-electron chi connectivity index (χ0n) is 13.9. The van der Waals surface area contributed by atoms with E-state index in [2.05, 4.69) is 17.4 Å². The lowest BCUT2D eigenvalue weighted by molar-refractivity contribution is -0.118. The molecule has 0 bridgehead atoms. The second-order valence-corrected chi connectivity index (χ2v) is 7.37. The van der Waals surface area contributed by atoms with Crippen molar-refractivity contribution in [1.29, 1.82) is 0 Å². The van der Waals surface area contributed by atoms with Crippen LogP contribution in [-0.2, 0) is 17.6 Å². The van der Waals surface area contributed by atoms with Gasteiger partial charge in [0.1, 0.15) is 10.6 Å². The van der Waals surface area contributed by atoms with Crippen LogP contribution < -0.4 is 5.32 Å². The molecular formula is C19H21NO3S. The van der Waals surface area contributed by atoms with Crippen LogP contribution in [0.25, 0.3) is 11.1 Å². The van der Waals surface area contributed by atoms with Crippen molar-refractivity contribution in [2.24, 2.45) is 5.92 Å². The monoisotopic (exact) mass is 343 g/mol. The third kappa shape index (κ3) is 3.22. The molecule has 1 aliphatic carbocycles. The molecule has 1 aromatic heterocycles. The number of hydrogen-bond acceptors (Lipinski definition) is 3. The molecule has 1 aromatic carbocycles. The van der Waals surface area contributed by atoms with Crippen molar-refractivity contribution in [3.8, 4) is 11.1 Å². The van der Waals surface area contributed by atoms with Gasteiger partial charge in [0.15, 0.2) is 0 Å². The molecule has 4 nitrogen and oxygen atoms in total. The summed E-state index contributed by atoms with van der Waals surface area (Å²) in [7, 11) is 0. The van der Waals surface area contributed by atoms with E-state index in [9.17, 15) is 14.7 Å². The summed E-state index contributed by atoms with van der Waals surface area (Å²) in [4.78, 5) is 23.7. The number of rotatable bonds is 4. The Balaban J connectivity index is 2.00. The van der Waals surface area contributed by atoms with Crippen molar-refractivity contribution in [3.05, 3.63) is 40.3 Å². The van der Waals surface area contributed by atoms with Crippen LogP contribution in [0.5, 0.6) is 0 Å². The van der Waals surface area contributed by atoms with E-state index in [1.54, 1.807) is 13.8 Å². The number of carbonyl (C=O) groups excluding carboxylic acids is 1. The number of hydrogen-bond donors (Lipinski definition) is 2. The summed E-state index contributed by atoms with van der Waals surface area (Å²) >= 11 is 1.27. The van der Waals surface area contributed by atoms with Gasteiger partial charge in [0.05, 0.1) is 0 Å². The number of thiophene rings is 1. The van der Waals surface area contributed by atoms with Crippen molar-refractivity contribution in [2.45, 2.75) is 39.5 Å². The first kappa shape index (κ1) is 16.7. The number of carboxylic acids is 1. The fraction of sp³-hybridized carbons (Fsp3) is 0.368. The summed E-state index contributed by atoms with van der Waals surface area (Å²) in [6.07, 6.45) is 4.55. The van der Waals surface area contributed by atoms with Gasteiger partial charge in [-0.25, -0.2) is 4.79 Å². The zero-order valence-corrected chi connectivity index (χ0v) is 14.7. The van der Waals surface area contributed by atoms with Gasteiger partial charge in [-0.3, -0.25) is 4.79 Å². The molecule has 0 spiro atoms. The van der Waals surface area contributed by atoms with E-state index in [1.807, 2.05) is 11.4 Å². The van der Waals surface area contributed by atoms with E-state index in [-0.39, 0.29) is 17.4 Å². The number of carboxylic acid groups (broad SMARTS) is 1. The first-order valence-corrected chi connectivity index (χ1v) is 9.13. The van der Waals surface area contributed by atoms with E-state index < -0.39 is 5.97 Å². The minimum Gasteiger partial charge on any atom is -0.478 e. The van der Waals surface area contributed by atoms with Gasteiger partial charge in [0.25, 0.3) is 0 Å². The predicted molar refractivity (Wildman–Crippen MR) is 96.8 cm³/mol. The fourth-order valence-electron chi connectivity index (χ4n) is 3.03. The fourth-order valence-corrected chi connectivity index (χ4v) is 4.00. The second kappa shape index (κ2) is 6.77.